The zero-order chi connectivity index (χ0) is 21.2. The summed E-state index contributed by atoms with van der Waals surface area (Å²) in [4.78, 5) is 14.5. The van der Waals surface area contributed by atoms with Gasteiger partial charge in [0.25, 0.3) is 0 Å². The fourth-order valence-corrected chi connectivity index (χ4v) is 5.26. The number of amides is 1. The quantitative estimate of drug-likeness (QED) is 0.347. The van der Waals surface area contributed by atoms with Crippen LogP contribution in [0.25, 0.3) is 10.7 Å². The van der Waals surface area contributed by atoms with E-state index < -0.39 is 5.25 Å². The summed E-state index contributed by atoms with van der Waals surface area (Å²) in [6.07, 6.45) is 2.24. The van der Waals surface area contributed by atoms with Crippen molar-refractivity contribution < 1.29 is 4.79 Å². The molecule has 1 aliphatic carbocycles. The van der Waals surface area contributed by atoms with Crippen LogP contribution in [0.2, 0.25) is 0 Å². The van der Waals surface area contributed by atoms with Gasteiger partial charge in [-0.1, -0.05) is 65.9 Å². The average Bonchev–Trinajstić information content (AvgIpc) is 3.31. The highest BCUT2D eigenvalue weighted by Gasteiger charge is 2.33. The van der Waals surface area contributed by atoms with Crippen LogP contribution in [0.3, 0.4) is 0 Å². The Morgan fingerprint density at radius 1 is 1.06 bits per heavy atom. The van der Waals surface area contributed by atoms with Gasteiger partial charge in [-0.3, -0.25) is 9.36 Å². The molecule has 2 aromatic carbocycles. The van der Waals surface area contributed by atoms with Crippen molar-refractivity contribution in [2.75, 3.05) is 5.32 Å². The predicted octanol–water partition coefficient (Wildman–Crippen LogP) is 6.12. The molecule has 7 heteroatoms. The van der Waals surface area contributed by atoms with Crippen LogP contribution >= 0.6 is 23.1 Å². The van der Waals surface area contributed by atoms with E-state index in [0.29, 0.717) is 6.04 Å². The fraction of sp³-hybridized carbons (Fsp3) is 0.208. The SMILES string of the molecule is Cc1ccc(NC(=O)[C@H](Sc2nnc(-c3cccs3)n2C2CC2)c2ccccc2)cc1. The summed E-state index contributed by atoms with van der Waals surface area (Å²) in [6.45, 7) is 2.03. The molecular weight excluding hydrogens is 424 g/mol. The van der Waals surface area contributed by atoms with E-state index in [2.05, 4.69) is 31.5 Å². The molecule has 0 bridgehead atoms. The minimum Gasteiger partial charge on any atom is -0.325 e. The van der Waals surface area contributed by atoms with Crippen molar-refractivity contribution in [3.05, 3.63) is 83.2 Å². The summed E-state index contributed by atoms with van der Waals surface area (Å²) in [5, 5.41) is 14.5. The number of aryl methyl sites for hydroxylation is 1. The maximum absolute atomic E-state index is 13.3. The van der Waals surface area contributed by atoms with E-state index in [1.807, 2.05) is 67.6 Å². The van der Waals surface area contributed by atoms with Gasteiger partial charge in [0.15, 0.2) is 11.0 Å². The van der Waals surface area contributed by atoms with Crippen LogP contribution in [0, 0.1) is 6.92 Å². The Bertz CT molecular complexity index is 1170. The van der Waals surface area contributed by atoms with Gasteiger partial charge in [0, 0.05) is 11.7 Å². The number of rotatable bonds is 7. The van der Waals surface area contributed by atoms with Crippen LogP contribution in [0.15, 0.2) is 77.3 Å². The molecule has 5 nitrogen and oxygen atoms in total. The summed E-state index contributed by atoms with van der Waals surface area (Å²) in [7, 11) is 0. The molecule has 31 heavy (non-hydrogen) atoms. The average molecular weight is 447 g/mol. The third kappa shape index (κ3) is 4.43. The Morgan fingerprint density at radius 3 is 2.52 bits per heavy atom. The predicted molar refractivity (Wildman–Crippen MR) is 126 cm³/mol. The lowest BCUT2D eigenvalue weighted by atomic mass is 10.1. The molecule has 1 atom stereocenters. The number of hydrogen-bond donors (Lipinski definition) is 1. The smallest absolute Gasteiger partial charge is 0.242 e. The summed E-state index contributed by atoms with van der Waals surface area (Å²) >= 11 is 3.13. The maximum Gasteiger partial charge on any atom is 0.242 e. The molecule has 2 aromatic heterocycles. The number of aromatic nitrogens is 3. The number of thioether (sulfide) groups is 1. The monoisotopic (exact) mass is 446 g/mol. The lowest BCUT2D eigenvalue weighted by molar-refractivity contribution is -0.115. The first kappa shape index (κ1) is 20.0. The second-order valence-electron chi connectivity index (χ2n) is 7.65. The molecule has 0 aliphatic heterocycles. The molecule has 4 aromatic rings. The first-order chi connectivity index (χ1) is 15.2. The van der Waals surface area contributed by atoms with Crippen molar-refractivity contribution in [1.82, 2.24) is 14.8 Å². The zero-order valence-corrected chi connectivity index (χ0v) is 18.7. The number of carbonyl (C=O) groups is 1. The van der Waals surface area contributed by atoms with Crippen molar-refractivity contribution in [3.63, 3.8) is 0 Å². The van der Waals surface area contributed by atoms with Gasteiger partial charge in [-0.15, -0.1) is 21.5 Å². The van der Waals surface area contributed by atoms with Gasteiger partial charge in [-0.05, 0) is 48.9 Å². The van der Waals surface area contributed by atoms with Crippen LogP contribution < -0.4 is 5.32 Å². The van der Waals surface area contributed by atoms with Crippen LogP contribution in [0.5, 0.6) is 0 Å². The molecule has 1 amide bonds. The number of hydrogen-bond acceptors (Lipinski definition) is 5. The van der Waals surface area contributed by atoms with Crippen molar-refractivity contribution in [3.8, 4) is 10.7 Å². The molecule has 0 radical (unpaired) electrons. The fourth-order valence-electron chi connectivity index (χ4n) is 3.44. The van der Waals surface area contributed by atoms with Crippen molar-refractivity contribution in [1.29, 1.82) is 0 Å². The van der Waals surface area contributed by atoms with Gasteiger partial charge in [0.1, 0.15) is 5.25 Å². The molecule has 0 unspecified atom stereocenters. The topological polar surface area (TPSA) is 59.8 Å². The van der Waals surface area contributed by atoms with Gasteiger partial charge in [0.05, 0.1) is 4.88 Å². The lowest BCUT2D eigenvalue weighted by Gasteiger charge is -2.17. The molecule has 1 N–H and O–H groups in total. The molecule has 1 aliphatic rings. The lowest BCUT2D eigenvalue weighted by Crippen LogP contribution is -2.19. The van der Waals surface area contributed by atoms with E-state index in [1.54, 1.807) is 11.3 Å². The standard InChI is InChI=1S/C24H22N4OS2/c1-16-9-11-18(12-10-16)25-23(29)21(17-6-3-2-4-7-17)31-24-27-26-22(20-8-5-15-30-20)28(24)19-13-14-19/h2-12,15,19,21H,13-14H2,1H3,(H,25,29)/t21-/m1/s1. The molecule has 2 heterocycles. The summed E-state index contributed by atoms with van der Waals surface area (Å²) < 4.78 is 2.21. The Hall–Kier alpha value is -2.90. The third-order valence-electron chi connectivity index (χ3n) is 5.20. The van der Waals surface area contributed by atoms with Crippen molar-refractivity contribution in [2.24, 2.45) is 0 Å². The first-order valence-corrected chi connectivity index (χ1v) is 12.0. The number of anilines is 1. The molecule has 1 saturated carbocycles. The third-order valence-corrected chi connectivity index (χ3v) is 7.28. The summed E-state index contributed by atoms with van der Waals surface area (Å²) in [5.41, 5.74) is 2.89. The summed E-state index contributed by atoms with van der Waals surface area (Å²) in [6, 6.07) is 22.2. The van der Waals surface area contributed by atoms with E-state index in [1.165, 1.54) is 11.8 Å². The Kier molecular flexibility index (Phi) is 5.61. The molecule has 0 spiro atoms. The van der Waals surface area contributed by atoms with E-state index >= 15 is 0 Å². The van der Waals surface area contributed by atoms with Crippen LogP contribution in [-0.4, -0.2) is 20.7 Å². The van der Waals surface area contributed by atoms with Crippen molar-refractivity contribution >= 4 is 34.7 Å². The first-order valence-electron chi connectivity index (χ1n) is 10.3. The second-order valence-corrected chi connectivity index (χ2v) is 9.67. The van der Waals surface area contributed by atoms with E-state index in [4.69, 9.17) is 0 Å². The molecule has 1 fully saturated rings. The van der Waals surface area contributed by atoms with Crippen LogP contribution in [0.1, 0.15) is 35.3 Å². The van der Waals surface area contributed by atoms with Gasteiger partial charge >= 0.3 is 0 Å². The highest BCUT2D eigenvalue weighted by molar-refractivity contribution is 8.00. The molecule has 0 saturated heterocycles. The zero-order valence-electron chi connectivity index (χ0n) is 17.1. The van der Waals surface area contributed by atoms with Crippen molar-refractivity contribution in [2.45, 2.75) is 36.2 Å². The van der Waals surface area contributed by atoms with E-state index in [-0.39, 0.29) is 5.91 Å². The number of thiophene rings is 1. The number of benzene rings is 2. The maximum atomic E-state index is 13.3. The van der Waals surface area contributed by atoms with E-state index in [0.717, 1.165) is 45.5 Å². The van der Waals surface area contributed by atoms with Gasteiger partial charge in [-0.25, -0.2) is 0 Å². The summed E-state index contributed by atoms with van der Waals surface area (Å²) in [5.74, 6) is 0.828. The Labute approximate surface area is 189 Å². The number of nitrogens with zero attached hydrogens (tertiary/aromatic N) is 3. The largest absolute Gasteiger partial charge is 0.325 e. The minimum absolute atomic E-state index is 0.0666. The second kappa shape index (κ2) is 8.69. The number of carbonyl (C=O) groups excluding carboxylic acids is 1. The van der Waals surface area contributed by atoms with Gasteiger partial charge < -0.3 is 5.32 Å². The molecular formula is C24H22N4OS2. The van der Waals surface area contributed by atoms with Crippen LogP contribution in [0.4, 0.5) is 5.69 Å². The minimum atomic E-state index is -0.430. The Balaban J connectivity index is 1.47. The van der Waals surface area contributed by atoms with Crippen LogP contribution in [-0.2, 0) is 4.79 Å². The molecule has 156 valence electrons. The highest BCUT2D eigenvalue weighted by atomic mass is 32.2. The Morgan fingerprint density at radius 2 is 1.84 bits per heavy atom. The normalized spacial score (nSPS) is 14.4. The molecule has 5 rings (SSSR count). The highest BCUT2D eigenvalue weighted by Crippen LogP contribution is 2.44. The van der Waals surface area contributed by atoms with E-state index in [9.17, 15) is 4.79 Å². The number of nitrogens with one attached hydrogen (secondary N) is 1. The van der Waals surface area contributed by atoms with Gasteiger partial charge in [-0.2, -0.15) is 0 Å². The van der Waals surface area contributed by atoms with Gasteiger partial charge in [0.2, 0.25) is 5.91 Å².